The predicted octanol–water partition coefficient (Wildman–Crippen LogP) is 5.87. The predicted molar refractivity (Wildman–Crippen MR) is 116 cm³/mol. The van der Waals surface area contributed by atoms with Crippen LogP contribution in [0.5, 0.6) is 6.01 Å². The van der Waals surface area contributed by atoms with Gasteiger partial charge in [0, 0.05) is 12.4 Å². The number of benzene rings is 3. The van der Waals surface area contributed by atoms with Gasteiger partial charge in [-0.2, -0.15) is 4.98 Å². The van der Waals surface area contributed by atoms with Gasteiger partial charge in [0.05, 0.1) is 11.0 Å². The fourth-order valence-electron chi connectivity index (χ4n) is 3.45. The maximum Gasteiger partial charge on any atom is 0.294 e. The van der Waals surface area contributed by atoms with E-state index in [1.165, 1.54) is 16.7 Å². The average molecular weight is 377 g/mol. The smallest absolute Gasteiger partial charge is 0.294 e. The molecule has 0 radical (unpaired) electrons. The van der Waals surface area contributed by atoms with E-state index in [0.717, 1.165) is 22.2 Å². The van der Waals surface area contributed by atoms with Crippen LogP contribution in [0.2, 0.25) is 0 Å². The van der Waals surface area contributed by atoms with Crippen molar-refractivity contribution >= 4 is 11.0 Å². The number of hydrogen-bond acceptors (Lipinski definition) is 3. The van der Waals surface area contributed by atoms with Crippen LogP contribution in [0.3, 0.4) is 0 Å². The van der Waals surface area contributed by atoms with Crippen LogP contribution in [0.4, 0.5) is 0 Å². The summed E-state index contributed by atoms with van der Waals surface area (Å²) >= 11 is 0. The van der Waals surface area contributed by atoms with E-state index in [0.29, 0.717) is 12.6 Å². The summed E-state index contributed by atoms with van der Waals surface area (Å²) in [6.07, 6.45) is 3.65. The van der Waals surface area contributed by atoms with Crippen molar-refractivity contribution in [1.29, 1.82) is 0 Å². The van der Waals surface area contributed by atoms with Gasteiger partial charge in [-0.1, -0.05) is 60.7 Å². The molecule has 0 unspecified atom stereocenters. The van der Waals surface area contributed by atoms with Gasteiger partial charge in [0.1, 0.15) is 6.61 Å². The first-order valence-electron chi connectivity index (χ1n) is 9.53. The van der Waals surface area contributed by atoms with E-state index >= 15 is 0 Å². The highest BCUT2D eigenvalue weighted by Gasteiger charge is 2.08. The highest BCUT2D eigenvalue weighted by Crippen LogP contribution is 2.31. The lowest BCUT2D eigenvalue weighted by Gasteiger charge is -2.11. The van der Waals surface area contributed by atoms with Gasteiger partial charge in [-0.15, -0.1) is 0 Å². The Hall–Kier alpha value is -3.92. The Kier molecular flexibility index (Phi) is 4.51. The second-order valence-corrected chi connectivity index (χ2v) is 6.83. The molecule has 5 aromatic rings. The number of rotatable bonds is 5. The van der Waals surface area contributed by atoms with E-state index < -0.39 is 0 Å². The first-order chi connectivity index (χ1) is 14.4. The third kappa shape index (κ3) is 3.60. The number of ether oxygens (including phenoxy) is 1. The monoisotopic (exact) mass is 377 g/mol. The lowest BCUT2D eigenvalue weighted by Crippen LogP contribution is -1.96. The Labute approximate surface area is 168 Å². The highest BCUT2D eigenvalue weighted by molar-refractivity contribution is 5.83. The van der Waals surface area contributed by atoms with Crippen LogP contribution in [0.25, 0.3) is 33.3 Å². The second-order valence-electron chi connectivity index (χ2n) is 6.83. The summed E-state index contributed by atoms with van der Waals surface area (Å²) in [5, 5.41) is 0. The van der Waals surface area contributed by atoms with Gasteiger partial charge in [0.15, 0.2) is 0 Å². The highest BCUT2D eigenvalue weighted by atomic mass is 16.5. The van der Waals surface area contributed by atoms with Gasteiger partial charge >= 0.3 is 0 Å². The Morgan fingerprint density at radius 3 is 2.07 bits per heavy atom. The molecule has 1 N–H and O–H groups in total. The number of hydrogen-bond donors (Lipinski definition) is 1. The molecular weight excluding hydrogens is 358 g/mol. The zero-order chi connectivity index (χ0) is 19.5. The SMILES string of the molecule is c1ccc(-c2ccc(COc3nc4ccccc4[nH]3)cc2)c(-c2ccncc2)c1. The summed E-state index contributed by atoms with van der Waals surface area (Å²) in [6, 6.07) is 29.4. The fraction of sp³-hybridized carbons (Fsp3) is 0.0400. The minimum atomic E-state index is 0.464. The van der Waals surface area contributed by atoms with Gasteiger partial charge < -0.3 is 9.72 Å². The molecule has 4 heteroatoms. The summed E-state index contributed by atoms with van der Waals surface area (Å²) in [7, 11) is 0. The van der Waals surface area contributed by atoms with Crippen molar-refractivity contribution < 1.29 is 4.74 Å². The third-order valence-electron chi connectivity index (χ3n) is 4.93. The number of H-pyrrole nitrogens is 1. The molecule has 0 fully saturated rings. The number of para-hydroxylation sites is 2. The van der Waals surface area contributed by atoms with Crippen molar-refractivity contribution in [2.24, 2.45) is 0 Å². The van der Waals surface area contributed by atoms with Crippen molar-refractivity contribution in [2.45, 2.75) is 6.61 Å². The molecule has 3 aromatic carbocycles. The zero-order valence-electron chi connectivity index (χ0n) is 15.7. The van der Waals surface area contributed by atoms with Crippen LogP contribution in [-0.4, -0.2) is 15.0 Å². The van der Waals surface area contributed by atoms with Crippen LogP contribution in [0.1, 0.15) is 5.56 Å². The van der Waals surface area contributed by atoms with Crippen molar-refractivity contribution in [3.05, 3.63) is 103 Å². The second kappa shape index (κ2) is 7.60. The Morgan fingerprint density at radius 2 is 1.34 bits per heavy atom. The average Bonchev–Trinajstić information content (AvgIpc) is 3.22. The molecule has 0 aliphatic heterocycles. The van der Waals surface area contributed by atoms with Gasteiger partial charge in [0.25, 0.3) is 6.01 Å². The summed E-state index contributed by atoms with van der Waals surface area (Å²) in [4.78, 5) is 11.8. The zero-order valence-corrected chi connectivity index (χ0v) is 15.7. The van der Waals surface area contributed by atoms with E-state index in [4.69, 9.17) is 4.74 Å². The van der Waals surface area contributed by atoms with E-state index in [9.17, 15) is 0 Å². The molecule has 2 aromatic heterocycles. The summed E-state index contributed by atoms with van der Waals surface area (Å²) < 4.78 is 5.84. The van der Waals surface area contributed by atoms with E-state index in [-0.39, 0.29) is 0 Å². The van der Waals surface area contributed by atoms with Crippen LogP contribution in [-0.2, 0) is 6.61 Å². The van der Waals surface area contributed by atoms with Crippen LogP contribution in [0, 0.1) is 0 Å². The van der Waals surface area contributed by atoms with Crippen molar-refractivity contribution in [2.75, 3.05) is 0 Å². The molecule has 5 rings (SSSR count). The number of imidazole rings is 1. The molecule has 0 saturated heterocycles. The van der Waals surface area contributed by atoms with E-state index in [1.807, 2.05) is 48.8 Å². The molecule has 2 heterocycles. The molecule has 0 bridgehead atoms. The molecule has 29 heavy (non-hydrogen) atoms. The van der Waals surface area contributed by atoms with Crippen LogP contribution in [0.15, 0.2) is 97.3 Å². The normalized spacial score (nSPS) is 10.9. The largest absolute Gasteiger partial charge is 0.460 e. The number of aromatic amines is 1. The molecule has 0 amide bonds. The lowest BCUT2D eigenvalue weighted by molar-refractivity contribution is 0.285. The molecule has 0 aliphatic carbocycles. The fourth-order valence-corrected chi connectivity index (χ4v) is 3.45. The van der Waals surface area contributed by atoms with Crippen LogP contribution < -0.4 is 4.74 Å². The number of fused-ring (bicyclic) bond motifs is 1. The maximum atomic E-state index is 5.84. The Morgan fingerprint density at radius 1 is 0.690 bits per heavy atom. The van der Waals surface area contributed by atoms with Gasteiger partial charge in [0.2, 0.25) is 0 Å². The van der Waals surface area contributed by atoms with Gasteiger partial charge in [-0.05, 0) is 52.1 Å². The summed E-state index contributed by atoms with van der Waals surface area (Å²) in [6.45, 7) is 0.464. The van der Waals surface area contributed by atoms with Crippen molar-refractivity contribution in [1.82, 2.24) is 15.0 Å². The Balaban J connectivity index is 1.36. The molecule has 4 nitrogen and oxygen atoms in total. The first kappa shape index (κ1) is 17.2. The summed E-state index contributed by atoms with van der Waals surface area (Å²) in [5.41, 5.74) is 7.70. The van der Waals surface area contributed by atoms with E-state index in [2.05, 4.69) is 63.5 Å². The minimum Gasteiger partial charge on any atom is -0.460 e. The number of nitrogens with one attached hydrogen (secondary N) is 1. The molecule has 0 saturated carbocycles. The maximum absolute atomic E-state index is 5.84. The number of pyridine rings is 1. The van der Waals surface area contributed by atoms with Gasteiger partial charge in [-0.25, -0.2) is 0 Å². The van der Waals surface area contributed by atoms with Crippen LogP contribution >= 0.6 is 0 Å². The minimum absolute atomic E-state index is 0.464. The number of aromatic nitrogens is 3. The standard InChI is InChI=1S/C25H19N3O/c1-2-6-22(20-13-15-26-16-14-20)21(5-1)19-11-9-18(10-12-19)17-29-25-27-23-7-3-4-8-24(23)28-25/h1-16H,17H2,(H,27,28). The molecular formula is C25H19N3O. The molecule has 0 aliphatic rings. The summed E-state index contributed by atoms with van der Waals surface area (Å²) in [5.74, 6) is 0. The Bertz CT molecular complexity index is 1210. The molecule has 0 atom stereocenters. The lowest BCUT2D eigenvalue weighted by atomic mass is 9.95. The number of nitrogens with zero attached hydrogens (tertiary/aromatic N) is 2. The van der Waals surface area contributed by atoms with E-state index in [1.54, 1.807) is 0 Å². The third-order valence-corrected chi connectivity index (χ3v) is 4.93. The quantitative estimate of drug-likeness (QED) is 0.417. The molecule has 140 valence electrons. The van der Waals surface area contributed by atoms with Gasteiger partial charge in [-0.3, -0.25) is 4.98 Å². The topological polar surface area (TPSA) is 50.8 Å². The van der Waals surface area contributed by atoms with Crippen molar-refractivity contribution in [3.8, 4) is 28.3 Å². The molecule has 0 spiro atoms. The first-order valence-corrected chi connectivity index (χ1v) is 9.53. The van der Waals surface area contributed by atoms with Crippen molar-refractivity contribution in [3.63, 3.8) is 0 Å².